The standard InChI is InChI=1S/C30H28Cl2N2O3.ClH/c1-33(2)15-16-37-28-13-7-23(8-14-28)30(36)34-19-24(17-21-3-9-26(31)10-4-21)29(35)25(20-34)18-22-5-11-27(32)12-6-22;/h3-14,17-18H,15-16,19-20H2,1-2H3;1H. The van der Waals surface area contributed by atoms with Crippen LogP contribution in [0.2, 0.25) is 10.0 Å². The zero-order valence-electron chi connectivity index (χ0n) is 21.2. The van der Waals surface area contributed by atoms with E-state index in [1.54, 1.807) is 53.4 Å². The first-order chi connectivity index (χ1) is 17.8. The van der Waals surface area contributed by atoms with Gasteiger partial charge in [0.2, 0.25) is 0 Å². The van der Waals surface area contributed by atoms with Crippen LogP contribution in [0.4, 0.5) is 0 Å². The summed E-state index contributed by atoms with van der Waals surface area (Å²) < 4.78 is 5.75. The van der Waals surface area contributed by atoms with Gasteiger partial charge < -0.3 is 14.5 Å². The molecule has 0 unspecified atom stereocenters. The van der Waals surface area contributed by atoms with E-state index in [-0.39, 0.29) is 37.2 Å². The summed E-state index contributed by atoms with van der Waals surface area (Å²) in [7, 11) is 3.97. The minimum atomic E-state index is -0.156. The smallest absolute Gasteiger partial charge is 0.254 e. The van der Waals surface area contributed by atoms with E-state index in [0.717, 1.165) is 17.7 Å². The van der Waals surface area contributed by atoms with E-state index in [0.29, 0.717) is 39.1 Å². The molecule has 1 aliphatic rings. The quantitative estimate of drug-likeness (QED) is 0.302. The minimum Gasteiger partial charge on any atom is -0.492 e. The number of hydrogen-bond donors (Lipinski definition) is 0. The van der Waals surface area contributed by atoms with Crippen molar-refractivity contribution in [3.05, 3.63) is 111 Å². The van der Waals surface area contributed by atoms with Crippen molar-refractivity contribution in [2.45, 2.75) is 0 Å². The van der Waals surface area contributed by atoms with Crippen LogP contribution in [0.5, 0.6) is 5.75 Å². The summed E-state index contributed by atoms with van der Waals surface area (Å²) in [5, 5.41) is 1.23. The fraction of sp³-hybridized carbons (Fsp3) is 0.200. The van der Waals surface area contributed by atoms with E-state index in [9.17, 15) is 9.59 Å². The number of carbonyl (C=O) groups is 2. The SMILES string of the molecule is CN(C)CCOc1ccc(C(=O)N2CC(=Cc3ccc(Cl)cc3)C(=O)C(=Cc3ccc(Cl)cc3)C2)cc1.Cl. The number of amides is 1. The summed E-state index contributed by atoms with van der Waals surface area (Å²) in [6.45, 7) is 1.78. The number of carbonyl (C=O) groups excluding carboxylic acids is 2. The number of nitrogens with zero attached hydrogens (tertiary/aromatic N) is 2. The zero-order chi connectivity index (χ0) is 26.4. The van der Waals surface area contributed by atoms with Crippen LogP contribution in [0.1, 0.15) is 21.5 Å². The number of likely N-dealkylation sites (N-methyl/N-ethyl adjacent to an activating group) is 1. The molecule has 0 bridgehead atoms. The fourth-order valence-corrected chi connectivity index (χ4v) is 4.18. The number of Topliss-reactive ketones (excluding diaryl/α,β-unsaturated/α-hetero) is 1. The molecule has 8 heteroatoms. The van der Waals surface area contributed by atoms with Gasteiger partial charge in [-0.2, -0.15) is 0 Å². The van der Waals surface area contributed by atoms with E-state index in [1.807, 2.05) is 55.4 Å². The van der Waals surface area contributed by atoms with Crippen LogP contribution in [0.15, 0.2) is 83.9 Å². The van der Waals surface area contributed by atoms with Crippen molar-refractivity contribution < 1.29 is 14.3 Å². The summed E-state index contributed by atoms with van der Waals surface area (Å²) in [5.74, 6) is 0.466. The van der Waals surface area contributed by atoms with Gasteiger partial charge in [-0.05, 0) is 85.9 Å². The number of ketones is 1. The minimum absolute atomic E-state index is 0. The monoisotopic (exact) mass is 570 g/mol. The molecule has 4 rings (SSSR count). The summed E-state index contributed by atoms with van der Waals surface area (Å²) >= 11 is 12.0. The molecular formula is C30H29Cl3N2O3. The number of rotatable bonds is 7. The Morgan fingerprint density at radius 1 is 0.842 bits per heavy atom. The lowest BCUT2D eigenvalue weighted by Gasteiger charge is -2.30. The highest BCUT2D eigenvalue weighted by atomic mass is 35.5. The molecule has 0 aromatic heterocycles. The van der Waals surface area contributed by atoms with Crippen LogP contribution in [0.25, 0.3) is 12.2 Å². The Hall–Kier alpha value is -3.09. The van der Waals surface area contributed by atoms with Gasteiger partial charge >= 0.3 is 0 Å². The summed E-state index contributed by atoms with van der Waals surface area (Å²) in [5.41, 5.74) is 3.28. The molecule has 1 fully saturated rings. The lowest BCUT2D eigenvalue weighted by molar-refractivity contribution is -0.113. The molecule has 0 N–H and O–H groups in total. The van der Waals surface area contributed by atoms with E-state index >= 15 is 0 Å². The Kier molecular flexibility index (Phi) is 10.6. The third-order valence-electron chi connectivity index (χ3n) is 5.92. The third-order valence-corrected chi connectivity index (χ3v) is 6.43. The fourth-order valence-electron chi connectivity index (χ4n) is 3.93. The first kappa shape index (κ1) is 29.5. The van der Waals surface area contributed by atoms with Gasteiger partial charge in [0.15, 0.2) is 5.78 Å². The Morgan fingerprint density at radius 3 is 1.76 bits per heavy atom. The molecule has 1 saturated heterocycles. The van der Waals surface area contributed by atoms with Crippen LogP contribution >= 0.6 is 35.6 Å². The molecule has 38 heavy (non-hydrogen) atoms. The van der Waals surface area contributed by atoms with Crippen LogP contribution in [-0.2, 0) is 4.79 Å². The van der Waals surface area contributed by atoms with E-state index in [4.69, 9.17) is 27.9 Å². The summed E-state index contributed by atoms with van der Waals surface area (Å²) in [4.78, 5) is 30.6. The second-order valence-electron chi connectivity index (χ2n) is 9.11. The maximum Gasteiger partial charge on any atom is 0.254 e. The molecule has 0 saturated carbocycles. The van der Waals surface area contributed by atoms with Crippen molar-refractivity contribution in [2.24, 2.45) is 0 Å². The number of halogens is 3. The van der Waals surface area contributed by atoms with Gasteiger partial charge in [0.05, 0.1) is 13.1 Å². The highest BCUT2D eigenvalue weighted by Gasteiger charge is 2.29. The highest BCUT2D eigenvalue weighted by Crippen LogP contribution is 2.25. The molecule has 0 aliphatic carbocycles. The average Bonchev–Trinajstić information content (AvgIpc) is 2.88. The first-order valence-corrected chi connectivity index (χ1v) is 12.7. The molecule has 0 atom stereocenters. The molecule has 5 nitrogen and oxygen atoms in total. The van der Waals surface area contributed by atoms with Crippen LogP contribution in [0.3, 0.4) is 0 Å². The second kappa shape index (κ2) is 13.6. The molecule has 3 aromatic rings. The molecular weight excluding hydrogens is 543 g/mol. The Morgan fingerprint density at radius 2 is 1.32 bits per heavy atom. The molecule has 3 aromatic carbocycles. The molecule has 1 amide bonds. The maximum absolute atomic E-state index is 13.5. The maximum atomic E-state index is 13.5. The van der Waals surface area contributed by atoms with Gasteiger partial charge in [0.25, 0.3) is 5.91 Å². The Balaban J connectivity index is 0.00000400. The Labute approximate surface area is 239 Å². The summed E-state index contributed by atoms with van der Waals surface area (Å²) in [6, 6.07) is 21.6. The molecule has 0 radical (unpaired) electrons. The topological polar surface area (TPSA) is 49.9 Å². The van der Waals surface area contributed by atoms with Crippen LogP contribution in [0, 0.1) is 0 Å². The van der Waals surface area contributed by atoms with Gasteiger partial charge in [-0.15, -0.1) is 12.4 Å². The predicted molar refractivity (Wildman–Crippen MR) is 158 cm³/mol. The van der Waals surface area contributed by atoms with E-state index in [1.165, 1.54) is 0 Å². The normalized spacial score (nSPS) is 15.6. The van der Waals surface area contributed by atoms with Crippen molar-refractivity contribution in [1.29, 1.82) is 0 Å². The van der Waals surface area contributed by atoms with Crippen molar-refractivity contribution in [3.8, 4) is 5.75 Å². The van der Waals surface area contributed by atoms with Crippen LogP contribution < -0.4 is 4.74 Å². The zero-order valence-corrected chi connectivity index (χ0v) is 23.5. The first-order valence-electron chi connectivity index (χ1n) is 11.9. The molecule has 1 aliphatic heterocycles. The van der Waals surface area contributed by atoms with E-state index < -0.39 is 0 Å². The van der Waals surface area contributed by atoms with Gasteiger partial charge in [-0.25, -0.2) is 0 Å². The number of benzene rings is 3. The lowest BCUT2D eigenvalue weighted by atomic mass is 9.93. The number of piperidine rings is 1. The van der Waals surface area contributed by atoms with E-state index in [2.05, 4.69) is 0 Å². The second-order valence-corrected chi connectivity index (χ2v) is 9.98. The third kappa shape index (κ3) is 7.95. The van der Waals surface area contributed by atoms with Gasteiger partial charge in [0, 0.05) is 33.3 Å². The average molecular weight is 572 g/mol. The largest absolute Gasteiger partial charge is 0.492 e. The summed E-state index contributed by atoms with van der Waals surface area (Å²) in [6.07, 6.45) is 3.63. The van der Waals surface area contributed by atoms with Gasteiger partial charge in [-0.1, -0.05) is 47.5 Å². The lowest BCUT2D eigenvalue weighted by Crippen LogP contribution is -2.41. The highest BCUT2D eigenvalue weighted by molar-refractivity contribution is 6.31. The number of ether oxygens (including phenoxy) is 1. The predicted octanol–water partition coefficient (Wildman–Crippen LogP) is 6.55. The molecule has 1 heterocycles. The number of hydrogen-bond acceptors (Lipinski definition) is 4. The number of likely N-dealkylation sites (tertiary alicyclic amines) is 1. The van der Waals surface area contributed by atoms with Gasteiger partial charge in [-0.3, -0.25) is 9.59 Å². The van der Waals surface area contributed by atoms with Crippen molar-refractivity contribution in [1.82, 2.24) is 9.80 Å². The van der Waals surface area contributed by atoms with Crippen molar-refractivity contribution in [3.63, 3.8) is 0 Å². The molecule has 198 valence electrons. The van der Waals surface area contributed by atoms with Crippen molar-refractivity contribution in [2.75, 3.05) is 40.3 Å². The van der Waals surface area contributed by atoms with Gasteiger partial charge in [0.1, 0.15) is 12.4 Å². The van der Waals surface area contributed by atoms with Crippen LogP contribution in [-0.4, -0.2) is 61.8 Å². The molecule has 0 spiro atoms. The Bertz CT molecular complexity index is 1250. The van der Waals surface area contributed by atoms with Crippen molar-refractivity contribution >= 4 is 59.5 Å².